The number of hydroxylamine groups is 2. The number of amides is 1. The summed E-state index contributed by atoms with van der Waals surface area (Å²) in [5.74, 6) is -0.0908. The number of hydrogen-bond acceptors (Lipinski definition) is 5. The molecule has 1 amide bonds. The highest BCUT2D eigenvalue weighted by Gasteiger charge is 2.57. The second kappa shape index (κ2) is 6.35. The first-order valence-electron chi connectivity index (χ1n) is 8.59. The van der Waals surface area contributed by atoms with Crippen molar-refractivity contribution in [3.05, 3.63) is 35.9 Å². The summed E-state index contributed by atoms with van der Waals surface area (Å²) in [5, 5.41) is 0.990. The summed E-state index contributed by atoms with van der Waals surface area (Å²) in [6, 6.07) is 9.62. The van der Waals surface area contributed by atoms with Crippen LogP contribution in [0.15, 0.2) is 30.3 Å². The van der Waals surface area contributed by atoms with Crippen LogP contribution in [-0.2, 0) is 30.9 Å². The van der Waals surface area contributed by atoms with E-state index in [1.165, 1.54) is 9.37 Å². The smallest absolute Gasteiger partial charge is 0.249 e. The van der Waals surface area contributed by atoms with E-state index in [-0.39, 0.29) is 30.7 Å². The molecule has 0 atom stereocenters. The summed E-state index contributed by atoms with van der Waals surface area (Å²) in [6.45, 7) is 1.87. The van der Waals surface area contributed by atoms with Gasteiger partial charge in [-0.25, -0.2) is 13.5 Å². The van der Waals surface area contributed by atoms with E-state index in [4.69, 9.17) is 9.57 Å². The number of ether oxygens (including phenoxy) is 1. The van der Waals surface area contributed by atoms with Crippen LogP contribution in [0.3, 0.4) is 0 Å². The number of nitrogens with zero attached hydrogens (tertiary/aromatic N) is 2. The van der Waals surface area contributed by atoms with Crippen LogP contribution in [0.5, 0.6) is 0 Å². The van der Waals surface area contributed by atoms with E-state index in [1.54, 1.807) is 0 Å². The fraction of sp³-hybridized carbons (Fsp3) is 0.588. The van der Waals surface area contributed by atoms with Crippen LogP contribution in [0, 0.1) is 0 Å². The van der Waals surface area contributed by atoms with Crippen LogP contribution < -0.4 is 0 Å². The van der Waals surface area contributed by atoms with Gasteiger partial charge in [0.2, 0.25) is 15.9 Å². The molecule has 0 saturated carbocycles. The molecular formula is C17H22N2O5S. The van der Waals surface area contributed by atoms with Gasteiger partial charge in [-0.05, 0) is 18.4 Å². The first-order chi connectivity index (χ1) is 12.0. The van der Waals surface area contributed by atoms with E-state index in [0.29, 0.717) is 32.6 Å². The SMILES string of the molecule is O=C1CC2(CN(S(=O)(=O)C3CCOCC3)C2)ON1Cc1ccccc1. The molecule has 0 unspecified atom stereocenters. The van der Waals surface area contributed by atoms with Gasteiger partial charge in [0.1, 0.15) is 5.60 Å². The Kier molecular flexibility index (Phi) is 4.31. The minimum absolute atomic E-state index is 0.0908. The second-order valence-corrected chi connectivity index (χ2v) is 9.20. The van der Waals surface area contributed by atoms with Gasteiger partial charge in [-0.2, -0.15) is 4.31 Å². The zero-order chi connectivity index (χ0) is 17.5. The summed E-state index contributed by atoms with van der Waals surface area (Å²) >= 11 is 0. The maximum atomic E-state index is 12.7. The maximum absolute atomic E-state index is 12.7. The van der Waals surface area contributed by atoms with Crippen LogP contribution in [0.25, 0.3) is 0 Å². The highest BCUT2D eigenvalue weighted by molar-refractivity contribution is 7.89. The maximum Gasteiger partial charge on any atom is 0.249 e. The number of carbonyl (C=O) groups is 1. The second-order valence-electron chi connectivity index (χ2n) is 6.99. The van der Waals surface area contributed by atoms with Gasteiger partial charge in [-0.3, -0.25) is 9.63 Å². The molecule has 0 aromatic heterocycles. The van der Waals surface area contributed by atoms with E-state index in [1.807, 2.05) is 30.3 Å². The third-order valence-corrected chi connectivity index (χ3v) is 7.39. The molecule has 1 aromatic rings. The van der Waals surface area contributed by atoms with Crippen molar-refractivity contribution in [3.63, 3.8) is 0 Å². The Morgan fingerprint density at radius 2 is 1.80 bits per heavy atom. The third kappa shape index (κ3) is 3.19. The van der Waals surface area contributed by atoms with Gasteiger partial charge in [-0.15, -0.1) is 0 Å². The van der Waals surface area contributed by atoms with Crippen LogP contribution >= 0.6 is 0 Å². The van der Waals surface area contributed by atoms with Crippen molar-refractivity contribution >= 4 is 15.9 Å². The predicted molar refractivity (Wildman–Crippen MR) is 89.8 cm³/mol. The van der Waals surface area contributed by atoms with Crippen molar-refractivity contribution in [3.8, 4) is 0 Å². The highest BCUT2D eigenvalue weighted by atomic mass is 32.2. The van der Waals surface area contributed by atoms with Gasteiger partial charge in [0.25, 0.3) is 0 Å². The predicted octanol–water partition coefficient (Wildman–Crippen LogP) is 0.914. The molecule has 1 spiro atoms. The number of carbonyl (C=O) groups excluding carboxylic acids is 1. The number of rotatable bonds is 4. The minimum Gasteiger partial charge on any atom is -0.381 e. The van der Waals surface area contributed by atoms with Gasteiger partial charge >= 0.3 is 0 Å². The van der Waals surface area contributed by atoms with Crippen LogP contribution in [0.1, 0.15) is 24.8 Å². The first-order valence-corrected chi connectivity index (χ1v) is 10.1. The summed E-state index contributed by atoms with van der Waals surface area (Å²) in [6.07, 6.45) is 1.30. The van der Waals surface area contributed by atoms with E-state index >= 15 is 0 Å². The highest BCUT2D eigenvalue weighted by Crippen LogP contribution is 2.39. The fourth-order valence-electron chi connectivity index (χ4n) is 3.68. The average molecular weight is 366 g/mol. The van der Waals surface area contributed by atoms with Gasteiger partial charge in [0.15, 0.2) is 0 Å². The summed E-state index contributed by atoms with van der Waals surface area (Å²) in [4.78, 5) is 18.1. The van der Waals surface area contributed by atoms with Gasteiger partial charge in [-0.1, -0.05) is 30.3 Å². The number of benzene rings is 1. The topological polar surface area (TPSA) is 76.2 Å². The number of sulfonamides is 1. The Morgan fingerprint density at radius 1 is 1.12 bits per heavy atom. The molecule has 1 aromatic carbocycles. The molecule has 25 heavy (non-hydrogen) atoms. The zero-order valence-electron chi connectivity index (χ0n) is 14.0. The van der Waals surface area contributed by atoms with Crippen molar-refractivity contribution in [1.29, 1.82) is 0 Å². The van der Waals surface area contributed by atoms with Crippen LogP contribution in [0.4, 0.5) is 0 Å². The monoisotopic (exact) mass is 366 g/mol. The Bertz CT molecular complexity index is 740. The Morgan fingerprint density at radius 3 is 2.48 bits per heavy atom. The van der Waals surface area contributed by atoms with Crippen molar-refractivity contribution < 1.29 is 22.8 Å². The molecular weight excluding hydrogens is 344 g/mol. The zero-order valence-corrected chi connectivity index (χ0v) is 14.8. The molecule has 0 bridgehead atoms. The first kappa shape index (κ1) is 17.0. The molecule has 4 rings (SSSR count). The van der Waals surface area contributed by atoms with E-state index in [0.717, 1.165) is 5.56 Å². The standard InChI is InChI=1S/C17H22N2O5S/c20-16-10-17(24-19(16)11-14-4-2-1-3-5-14)12-18(13-17)25(21,22)15-6-8-23-9-7-15/h1-5,15H,6-13H2. The van der Waals surface area contributed by atoms with E-state index in [2.05, 4.69) is 0 Å². The lowest BCUT2D eigenvalue weighted by Gasteiger charge is -2.46. The number of hydrogen-bond donors (Lipinski definition) is 0. The third-order valence-electron chi connectivity index (χ3n) is 5.10. The normalized spacial score (nSPS) is 24.6. The van der Waals surface area contributed by atoms with Gasteiger partial charge < -0.3 is 4.74 Å². The molecule has 8 heteroatoms. The molecule has 0 aliphatic carbocycles. The molecule has 136 valence electrons. The molecule has 0 N–H and O–H groups in total. The molecule has 3 heterocycles. The summed E-state index contributed by atoms with van der Waals surface area (Å²) < 4.78 is 32.1. The van der Waals surface area contributed by atoms with Crippen molar-refractivity contribution in [2.75, 3.05) is 26.3 Å². The lowest BCUT2D eigenvalue weighted by Crippen LogP contribution is -2.65. The molecule has 3 aliphatic heterocycles. The Balaban J connectivity index is 1.38. The molecule has 0 radical (unpaired) electrons. The fourth-order valence-corrected chi connectivity index (χ4v) is 5.72. The Hall–Kier alpha value is -1.48. The molecule has 3 aliphatic rings. The lowest BCUT2D eigenvalue weighted by atomic mass is 9.94. The molecule has 3 saturated heterocycles. The van der Waals surface area contributed by atoms with Crippen LogP contribution in [0.2, 0.25) is 0 Å². The van der Waals surface area contributed by atoms with Crippen LogP contribution in [-0.4, -0.2) is 60.8 Å². The summed E-state index contributed by atoms with van der Waals surface area (Å²) in [7, 11) is -3.34. The Labute approximate surface area is 147 Å². The van der Waals surface area contributed by atoms with Crippen molar-refractivity contribution in [2.24, 2.45) is 0 Å². The van der Waals surface area contributed by atoms with Crippen molar-refractivity contribution in [1.82, 2.24) is 9.37 Å². The van der Waals surface area contributed by atoms with Gasteiger partial charge in [0.05, 0.1) is 18.2 Å². The van der Waals surface area contributed by atoms with Gasteiger partial charge in [0, 0.05) is 26.3 Å². The lowest BCUT2D eigenvalue weighted by molar-refractivity contribution is -0.228. The van der Waals surface area contributed by atoms with Crippen molar-refractivity contribution in [2.45, 2.75) is 36.7 Å². The quantitative estimate of drug-likeness (QED) is 0.792. The average Bonchev–Trinajstić information content (AvgIpc) is 2.92. The summed E-state index contributed by atoms with van der Waals surface area (Å²) in [5.41, 5.74) is 0.295. The largest absolute Gasteiger partial charge is 0.381 e. The molecule has 3 fully saturated rings. The van der Waals surface area contributed by atoms with E-state index in [9.17, 15) is 13.2 Å². The van der Waals surface area contributed by atoms with E-state index < -0.39 is 15.6 Å². The minimum atomic E-state index is -3.34. The molecule has 7 nitrogen and oxygen atoms in total.